The molecule has 0 spiro atoms. The number of hydrogen-bond donors (Lipinski definition) is 2. The van der Waals surface area contributed by atoms with Gasteiger partial charge in [0.25, 0.3) is 0 Å². The van der Waals surface area contributed by atoms with Crippen LogP contribution in [0.25, 0.3) is 22.4 Å². The maximum absolute atomic E-state index is 14.6. The SMILES string of the molecule is COc1nc(Cl)ccc1-c1nc2cc(F)c(F)cc2n1C(C(=O)N[C@H]1CC[C@H](C(=O)O)CC1)C1CCCCC1. The van der Waals surface area contributed by atoms with E-state index in [0.717, 1.165) is 44.2 Å². The Morgan fingerprint density at radius 1 is 1.05 bits per heavy atom. The largest absolute Gasteiger partial charge is 0.481 e. The van der Waals surface area contributed by atoms with Crippen LogP contribution in [0, 0.1) is 23.5 Å². The Morgan fingerprint density at radius 3 is 2.41 bits per heavy atom. The molecule has 2 saturated carbocycles. The summed E-state index contributed by atoms with van der Waals surface area (Å²) in [6.45, 7) is 0. The molecular weight excluding hydrogens is 530 g/mol. The Kier molecular flexibility index (Phi) is 8.02. The molecule has 1 unspecified atom stereocenters. The Hall–Kier alpha value is -3.27. The summed E-state index contributed by atoms with van der Waals surface area (Å²) in [7, 11) is 1.44. The lowest BCUT2D eigenvalue weighted by atomic mass is 9.82. The van der Waals surface area contributed by atoms with Gasteiger partial charge in [0.15, 0.2) is 11.6 Å². The smallest absolute Gasteiger partial charge is 0.306 e. The van der Waals surface area contributed by atoms with Crippen molar-refractivity contribution in [2.75, 3.05) is 7.11 Å². The minimum absolute atomic E-state index is 0.0652. The predicted octanol–water partition coefficient (Wildman–Crippen LogP) is 5.92. The summed E-state index contributed by atoms with van der Waals surface area (Å²) < 4.78 is 36.1. The fraction of sp³-hybridized carbons (Fsp3) is 0.500. The van der Waals surface area contributed by atoms with Crippen LogP contribution in [0.1, 0.15) is 63.8 Å². The summed E-state index contributed by atoms with van der Waals surface area (Å²) in [5.74, 6) is -3.11. The fourth-order valence-corrected chi connectivity index (χ4v) is 6.21. The second-order valence-corrected chi connectivity index (χ2v) is 10.9. The Balaban J connectivity index is 1.62. The molecule has 2 aromatic heterocycles. The van der Waals surface area contributed by atoms with Gasteiger partial charge in [-0.2, -0.15) is 0 Å². The number of carbonyl (C=O) groups is 2. The van der Waals surface area contributed by atoms with E-state index < -0.39 is 29.6 Å². The molecule has 208 valence electrons. The highest BCUT2D eigenvalue weighted by atomic mass is 35.5. The molecule has 2 fully saturated rings. The van der Waals surface area contributed by atoms with Crippen LogP contribution in [-0.2, 0) is 9.59 Å². The van der Waals surface area contributed by atoms with Crippen molar-refractivity contribution in [2.45, 2.75) is 69.9 Å². The molecule has 1 aromatic carbocycles. The lowest BCUT2D eigenvalue weighted by Crippen LogP contribution is -2.44. The van der Waals surface area contributed by atoms with Gasteiger partial charge in [-0.1, -0.05) is 30.9 Å². The quantitative estimate of drug-likeness (QED) is 0.347. The number of methoxy groups -OCH3 is 1. The highest BCUT2D eigenvalue weighted by molar-refractivity contribution is 6.29. The minimum atomic E-state index is -1.04. The highest BCUT2D eigenvalue weighted by Gasteiger charge is 2.37. The first-order chi connectivity index (χ1) is 18.8. The van der Waals surface area contributed by atoms with Gasteiger partial charge in [-0.05, 0) is 56.6 Å². The fourth-order valence-electron chi connectivity index (χ4n) is 6.07. The number of aromatic nitrogens is 3. The van der Waals surface area contributed by atoms with Crippen molar-refractivity contribution in [3.05, 3.63) is 41.1 Å². The zero-order valence-electron chi connectivity index (χ0n) is 21.6. The average molecular weight is 561 g/mol. The van der Waals surface area contributed by atoms with Crippen molar-refractivity contribution >= 4 is 34.5 Å². The number of amides is 1. The highest BCUT2D eigenvalue weighted by Crippen LogP contribution is 2.41. The Bertz CT molecular complexity index is 1380. The van der Waals surface area contributed by atoms with Crippen molar-refractivity contribution in [1.29, 1.82) is 0 Å². The van der Waals surface area contributed by atoms with Gasteiger partial charge in [0.05, 0.1) is 29.6 Å². The number of ether oxygens (including phenoxy) is 1. The number of nitrogens with one attached hydrogen (secondary N) is 1. The maximum Gasteiger partial charge on any atom is 0.306 e. The molecule has 5 rings (SSSR count). The van der Waals surface area contributed by atoms with Crippen molar-refractivity contribution in [3.63, 3.8) is 0 Å². The van der Waals surface area contributed by atoms with E-state index in [1.165, 1.54) is 7.11 Å². The third-order valence-corrected chi connectivity index (χ3v) is 8.27. The molecule has 1 atom stereocenters. The predicted molar refractivity (Wildman–Crippen MR) is 142 cm³/mol. The normalized spacial score (nSPS) is 21.0. The van der Waals surface area contributed by atoms with Gasteiger partial charge in [-0.15, -0.1) is 0 Å². The number of carbonyl (C=O) groups excluding carboxylic acids is 1. The molecule has 11 heteroatoms. The molecule has 0 aliphatic heterocycles. The second-order valence-electron chi connectivity index (χ2n) is 10.5. The summed E-state index contributed by atoms with van der Waals surface area (Å²) in [5.41, 5.74) is 0.937. The van der Waals surface area contributed by atoms with Gasteiger partial charge in [-0.3, -0.25) is 9.59 Å². The minimum Gasteiger partial charge on any atom is -0.481 e. The molecule has 1 amide bonds. The first-order valence-electron chi connectivity index (χ1n) is 13.4. The number of benzene rings is 1. The van der Waals surface area contributed by atoms with Gasteiger partial charge in [-0.25, -0.2) is 18.7 Å². The van der Waals surface area contributed by atoms with Crippen LogP contribution in [0.15, 0.2) is 24.3 Å². The molecule has 39 heavy (non-hydrogen) atoms. The van der Waals surface area contributed by atoms with E-state index >= 15 is 0 Å². The topological polar surface area (TPSA) is 106 Å². The van der Waals surface area contributed by atoms with Crippen LogP contribution >= 0.6 is 11.6 Å². The maximum atomic E-state index is 14.6. The standard InChI is InChI=1S/C28H31ClF2N4O4/c1-39-27-18(11-12-23(29)34-27)25-33-21-13-19(30)20(31)14-22(21)35(25)24(15-5-3-2-4-6-15)26(36)32-17-9-7-16(8-10-17)28(37)38/h11-17,24H,2-10H2,1H3,(H,32,36)(H,37,38)/t16-,17-,24?. The van der Waals surface area contributed by atoms with E-state index in [0.29, 0.717) is 42.6 Å². The van der Waals surface area contributed by atoms with Crippen LogP contribution in [0.4, 0.5) is 8.78 Å². The lowest BCUT2D eigenvalue weighted by Gasteiger charge is -2.34. The number of aliphatic carboxylic acids is 1. The number of imidazole rings is 1. The summed E-state index contributed by atoms with van der Waals surface area (Å²) in [6.07, 6.45) is 6.67. The number of pyridine rings is 1. The summed E-state index contributed by atoms with van der Waals surface area (Å²) >= 11 is 6.10. The number of nitrogens with zero attached hydrogens (tertiary/aromatic N) is 3. The number of fused-ring (bicyclic) bond motifs is 1. The van der Waals surface area contributed by atoms with Crippen molar-refractivity contribution in [3.8, 4) is 17.3 Å². The average Bonchev–Trinajstić information content (AvgIpc) is 3.27. The van der Waals surface area contributed by atoms with E-state index in [1.54, 1.807) is 16.7 Å². The van der Waals surface area contributed by atoms with E-state index in [4.69, 9.17) is 16.3 Å². The zero-order valence-corrected chi connectivity index (χ0v) is 22.4. The number of halogens is 3. The first kappa shape index (κ1) is 27.3. The monoisotopic (exact) mass is 560 g/mol. The van der Waals surface area contributed by atoms with Gasteiger partial charge in [0.1, 0.15) is 17.0 Å². The first-order valence-corrected chi connectivity index (χ1v) is 13.8. The van der Waals surface area contributed by atoms with Crippen LogP contribution in [0.3, 0.4) is 0 Å². The summed E-state index contributed by atoms with van der Waals surface area (Å²) in [4.78, 5) is 34.4. The molecule has 2 aliphatic carbocycles. The van der Waals surface area contributed by atoms with Gasteiger partial charge < -0.3 is 19.7 Å². The molecule has 0 saturated heterocycles. The van der Waals surface area contributed by atoms with E-state index in [1.807, 2.05) is 0 Å². The van der Waals surface area contributed by atoms with Crippen LogP contribution in [0.5, 0.6) is 5.88 Å². The number of rotatable bonds is 7. The van der Waals surface area contributed by atoms with Gasteiger partial charge in [0, 0.05) is 18.2 Å². The van der Waals surface area contributed by atoms with Gasteiger partial charge >= 0.3 is 5.97 Å². The molecule has 0 radical (unpaired) electrons. The number of carboxylic acid groups (broad SMARTS) is 1. The second kappa shape index (κ2) is 11.5. The Labute approximate surface area is 229 Å². The van der Waals surface area contributed by atoms with Gasteiger partial charge in [0.2, 0.25) is 11.8 Å². The van der Waals surface area contributed by atoms with Crippen molar-refractivity contribution in [2.24, 2.45) is 11.8 Å². The van der Waals surface area contributed by atoms with E-state index in [2.05, 4.69) is 15.3 Å². The lowest BCUT2D eigenvalue weighted by molar-refractivity contribution is -0.142. The molecule has 2 heterocycles. The van der Waals surface area contributed by atoms with Crippen LogP contribution < -0.4 is 10.1 Å². The molecular formula is C28H31ClF2N4O4. The molecule has 0 bridgehead atoms. The van der Waals surface area contributed by atoms with Crippen molar-refractivity contribution in [1.82, 2.24) is 19.9 Å². The molecule has 3 aromatic rings. The van der Waals surface area contributed by atoms with E-state index in [-0.39, 0.29) is 34.4 Å². The third kappa shape index (κ3) is 5.57. The molecule has 2 N–H and O–H groups in total. The zero-order chi connectivity index (χ0) is 27.7. The molecule has 2 aliphatic rings. The number of hydrogen-bond acceptors (Lipinski definition) is 5. The van der Waals surface area contributed by atoms with Crippen LogP contribution in [-0.4, -0.2) is 44.7 Å². The van der Waals surface area contributed by atoms with Crippen LogP contribution in [0.2, 0.25) is 5.15 Å². The van der Waals surface area contributed by atoms with Crippen molar-refractivity contribution < 1.29 is 28.2 Å². The Morgan fingerprint density at radius 2 is 1.74 bits per heavy atom. The summed E-state index contributed by atoms with van der Waals surface area (Å²) in [5, 5.41) is 12.7. The third-order valence-electron chi connectivity index (χ3n) is 8.06. The summed E-state index contributed by atoms with van der Waals surface area (Å²) in [6, 6.07) is 4.43. The van der Waals surface area contributed by atoms with E-state index in [9.17, 15) is 23.5 Å². The molecule has 8 nitrogen and oxygen atoms in total. The number of carboxylic acids is 1.